The first-order valence-corrected chi connectivity index (χ1v) is 8.04. The number of methoxy groups -OCH3 is 1. The zero-order valence-corrected chi connectivity index (χ0v) is 14.5. The molecule has 0 unspecified atom stereocenters. The van der Waals surface area contributed by atoms with Crippen molar-refractivity contribution in [3.05, 3.63) is 53.3 Å². The number of rotatable bonds is 5. The van der Waals surface area contributed by atoms with Crippen LogP contribution in [0, 0.1) is 18.3 Å². The van der Waals surface area contributed by atoms with E-state index >= 15 is 0 Å². The first-order chi connectivity index (χ1) is 12.2. The maximum atomic E-state index is 9.61. The highest BCUT2D eigenvalue weighted by Gasteiger charge is 2.12. The molecule has 0 saturated carbocycles. The first kappa shape index (κ1) is 16.6. The monoisotopic (exact) mass is 333 g/mol. The predicted octanol–water partition coefficient (Wildman–Crippen LogP) is 4.34. The number of aromatic amines is 1. The molecule has 0 aliphatic carbocycles. The van der Waals surface area contributed by atoms with Gasteiger partial charge >= 0.3 is 0 Å². The Morgan fingerprint density at radius 3 is 2.88 bits per heavy atom. The van der Waals surface area contributed by atoms with E-state index in [4.69, 9.17) is 9.47 Å². The molecule has 0 radical (unpaired) electrons. The average molecular weight is 333 g/mol. The number of nitrogens with one attached hydrogen (secondary N) is 1. The summed E-state index contributed by atoms with van der Waals surface area (Å²) < 4.78 is 11.1. The number of aryl methyl sites for hydroxylation is 1. The number of H-pyrrole nitrogens is 1. The second-order valence-corrected chi connectivity index (χ2v) is 5.59. The average Bonchev–Trinajstić information content (AvgIpc) is 3.03. The third-order valence-corrected chi connectivity index (χ3v) is 3.83. The number of para-hydroxylation sites is 1. The minimum absolute atomic E-state index is 0.431. The molecule has 3 aromatic rings. The molecular weight excluding hydrogens is 314 g/mol. The second kappa shape index (κ2) is 7.10. The summed E-state index contributed by atoms with van der Waals surface area (Å²) in [4.78, 5) is 7.73. The van der Waals surface area contributed by atoms with Crippen molar-refractivity contribution in [1.82, 2.24) is 9.97 Å². The number of allylic oxidation sites excluding steroid dienone is 1. The molecule has 0 fully saturated rings. The largest absolute Gasteiger partial charge is 0.492 e. The number of nitriles is 1. The van der Waals surface area contributed by atoms with Crippen LogP contribution in [0.1, 0.15) is 23.9 Å². The van der Waals surface area contributed by atoms with Gasteiger partial charge in [-0.25, -0.2) is 4.98 Å². The van der Waals surface area contributed by atoms with Gasteiger partial charge in [0.25, 0.3) is 0 Å². The van der Waals surface area contributed by atoms with Gasteiger partial charge in [0.1, 0.15) is 11.9 Å². The first-order valence-electron chi connectivity index (χ1n) is 8.04. The third kappa shape index (κ3) is 3.33. The SMILES string of the molecule is CCOc1cccc(/C=C(/C#N)c2nc3ccc(C)cc3[nH]2)c1OC. The van der Waals surface area contributed by atoms with E-state index in [0.29, 0.717) is 29.5 Å². The number of aromatic nitrogens is 2. The van der Waals surface area contributed by atoms with Crippen LogP contribution in [0.5, 0.6) is 11.5 Å². The summed E-state index contributed by atoms with van der Waals surface area (Å²) >= 11 is 0. The summed E-state index contributed by atoms with van der Waals surface area (Å²) in [5.41, 5.74) is 4.07. The third-order valence-electron chi connectivity index (χ3n) is 3.83. The molecule has 25 heavy (non-hydrogen) atoms. The number of ether oxygens (including phenoxy) is 2. The van der Waals surface area contributed by atoms with Crippen molar-refractivity contribution in [2.45, 2.75) is 13.8 Å². The van der Waals surface area contributed by atoms with Gasteiger partial charge in [0.2, 0.25) is 0 Å². The quantitative estimate of drug-likeness (QED) is 0.705. The zero-order valence-electron chi connectivity index (χ0n) is 14.5. The van der Waals surface area contributed by atoms with Gasteiger partial charge in [-0.2, -0.15) is 5.26 Å². The van der Waals surface area contributed by atoms with Gasteiger partial charge in [0, 0.05) is 5.56 Å². The number of hydrogen-bond donors (Lipinski definition) is 1. The number of fused-ring (bicyclic) bond motifs is 1. The lowest BCUT2D eigenvalue weighted by Crippen LogP contribution is -1.97. The van der Waals surface area contributed by atoms with Crippen LogP contribution in [0.3, 0.4) is 0 Å². The lowest BCUT2D eigenvalue weighted by molar-refractivity contribution is 0.310. The van der Waals surface area contributed by atoms with Crippen LogP contribution in [0.25, 0.3) is 22.7 Å². The Balaban J connectivity index is 2.08. The molecule has 2 aromatic carbocycles. The topological polar surface area (TPSA) is 70.9 Å². The Morgan fingerprint density at radius 1 is 1.32 bits per heavy atom. The minimum Gasteiger partial charge on any atom is -0.492 e. The molecule has 1 N–H and O–H groups in total. The molecule has 5 nitrogen and oxygen atoms in total. The van der Waals surface area contributed by atoms with Gasteiger partial charge in [-0.05, 0) is 43.7 Å². The van der Waals surface area contributed by atoms with Crippen molar-refractivity contribution in [3.63, 3.8) is 0 Å². The van der Waals surface area contributed by atoms with Crippen molar-refractivity contribution in [3.8, 4) is 17.6 Å². The Kier molecular flexibility index (Phi) is 4.71. The maximum Gasteiger partial charge on any atom is 0.167 e. The van der Waals surface area contributed by atoms with Gasteiger partial charge < -0.3 is 14.5 Å². The van der Waals surface area contributed by atoms with Crippen molar-refractivity contribution >= 4 is 22.7 Å². The van der Waals surface area contributed by atoms with Gasteiger partial charge in [-0.1, -0.05) is 18.2 Å². The van der Waals surface area contributed by atoms with Crippen molar-refractivity contribution in [2.24, 2.45) is 0 Å². The van der Waals surface area contributed by atoms with Crippen LogP contribution in [-0.2, 0) is 0 Å². The number of nitrogens with zero attached hydrogens (tertiary/aromatic N) is 2. The molecule has 0 amide bonds. The van der Waals surface area contributed by atoms with Crippen molar-refractivity contribution in [1.29, 1.82) is 5.26 Å². The summed E-state index contributed by atoms with van der Waals surface area (Å²) in [7, 11) is 1.59. The van der Waals surface area contributed by atoms with Crippen molar-refractivity contribution < 1.29 is 9.47 Å². The highest BCUT2D eigenvalue weighted by Crippen LogP contribution is 2.33. The van der Waals surface area contributed by atoms with Crippen LogP contribution in [0.4, 0.5) is 0 Å². The fourth-order valence-electron chi connectivity index (χ4n) is 2.69. The number of hydrogen-bond acceptors (Lipinski definition) is 4. The molecule has 0 aliphatic heterocycles. The Bertz CT molecular complexity index is 980. The van der Waals surface area contributed by atoms with E-state index in [1.807, 2.05) is 50.2 Å². The van der Waals surface area contributed by atoms with Crippen LogP contribution < -0.4 is 9.47 Å². The van der Waals surface area contributed by atoms with Crippen LogP contribution in [0.2, 0.25) is 0 Å². The highest BCUT2D eigenvalue weighted by atomic mass is 16.5. The molecule has 5 heteroatoms. The predicted molar refractivity (Wildman–Crippen MR) is 98.5 cm³/mol. The standard InChI is InChI=1S/C20H19N3O2/c1-4-25-18-7-5-6-14(19(18)24-3)11-15(12-21)20-22-16-9-8-13(2)10-17(16)23-20/h5-11H,4H2,1-3H3,(H,22,23)/b15-11-. The van der Waals surface area contributed by atoms with Gasteiger partial charge in [0.15, 0.2) is 11.5 Å². The van der Waals surface area contributed by atoms with Crippen LogP contribution in [-0.4, -0.2) is 23.7 Å². The number of imidazole rings is 1. The van der Waals surface area contributed by atoms with Gasteiger partial charge in [-0.15, -0.1) is 0 Å². The molecule has 0 spiro atoms. The minimum atomic E-state index is 0.431. The van der Waals surface area contributed by atoms with Crippen molar-refractivity contribution in [2.75, 3.05) is 13.7 Å². The molecule has 0 saturated heterocycles. The molecular formula is C20H19N3O2. The van der Waals surface area contributed by atoms with E-state index in [1.165, 1.54) is 0 Å². The second-order valence-electron chi connectivity index (χ2n) is 5.59. The summed E-state index contributed by atoms with van der Waals surface area (Å²) in [6.45, 7) is 4.47. The van der Waals surface area contributed by atoms with E-state index in [-0.39, 0.29) is 0 Å². The fourth-order valence-corrected chi connectivity index (χ4v) is 2.69. The van der Waals surface area contributed by atoms with E-state index < -0.39 is 0 Å². The summed E-state index contributed by atoms with van der Waals surface area (Å²) in [5, 5.41) is 9.61. The van der Waals surface area contributed by atoms with Gasteiger partial charge in [-0.3, -0.25) is 0 Å². The maximum absolute atomic E-state index is 9.61. The molecule has 126 valence electrons. The molecule has 0 atom stereocenters. The van der Waals surface area contributed by atoms with E-state index in [1.54, 1.807) is 13.2 Å². The highest BCUT2D eigenvalue weighted by molar-refractivity contribution is 5.91. The summed E-state index contributed by atoms with van der Waals surface area (Å²) in [6, 6.07) is 13.8. The molecule has 1 aromatic heterocycles. The molecule has 3 rings (SSSR count). The smallest absolute Gasteiger partial charge is 0.167 e. The lowest BCUT2D eigenvalue weighted by atomic mass is 10.1. The zero-order chi connectivity index (χ0) is 17.8. The lowest BCUT2D eigenvalue weighted by Gasteiger charge is -2.11. The molecule has 1 heterocycles. The van der Waals surface area contributed by atoms with Crippen LogP contribution in [0.15, 0.2) is 36.4 Å². The Labute approximate surface area is 146 Å². The van der Waals surface area contributed by atoms with Crippen LogP contribution >= 0.6 is 0 Å². The van der Waals surface area contributed by atoms with Gasteiger partial charge in [0.05, 0.1) is 30.3 Å². The Hall–Kier alpha value is -3.26. The molecule has 0 aliphatic rings. The van der Waals surface area contributed by atoms with E-state index in [0.717, 1.165) is 22.2 Å². The Morgan fingerprint density at radius 2 is 2.16 bits per heavy atom. The summed E-state index contributed by atoms with van der Waals surface area (Å²) in [5.74, 6) is 1.78. The summed E-state index contributed by atoms with van der Waals surface area (Å²) in [6.07, 6.45) is 1.76. The van der Waals surface area contributed by atoms with E-state index in [2.05, 4.69) is 16.0 Å². The van der Waals surface area contributed by atoms with E-state index in [9.17, 15) is 5.26 Å². The molecule has 0 bridgehead atoms. The normalized spacial score (nSPS) is 11.4. The fraction of sp³-hybridized carbons (Fsp3) is 0.200. The number of benzene rings is 2.